The Kier molecular flexibility index (Phi) is 47.5. The van der Waals surface area contributed by atoms with Crippen molar-refractivity contribution in [3.63, 3.8) is 0 Å². The fourth-order valence-electron chi connectivity index (χ4n) is 1.33. The monoisotopic (exact) mass is 477 g/mol. The van der Waals surface area contributed by atoms with Gasteiger partial charge in [-0.05, 0) is 12.1 Å². The smallest absolute Gasteiger partial charge is 0.211 e. The lowest BCUT2D eigenvalue weighted by Gasteiger charge is -1.83. The fraction of sp³-hybridized carbons (Fsp3) is 0.276. The maximum absolute atomic E-state index is 9.68. The van der Waals surface area contributed by atoms with Crippen LogP contribution in [0.5, 0.6) is 0 Å². The van der Waals surface area contributed by atoms with Crippen LogP contribution < -0.4 is 0 Å². The maximum atomic E-state index is 9.68. The molecule has 0 saturated carbocycles. The number of hydrogen-bond acceptors (Lipinski definition) is 6. The number of para-hydroxylation sites is 1. The highest BCUT2D eigenvalue weighted by molar-refractivity contribution is 5.47. The maximum Gasteiger partial charge on any atom is 0.240 e. The summed E-state index contributed by atoms with van der Waals surface area (Å²) in [5.41, 5.74) is 0.646. The average Bonchev–Trinajstić information content (AvgIpc) is 2.93. The quantitative estimate of drug-likeness (QED) is 0.265. The fourth-order valence-corrected chi connectivity index (χ4v) is 1.33. The van der Waals surface area contributed by atoms with E-state index in [2.05, 4.69) is 42.7 Å². The lowest BCUT2D eigenvalue weighted by Crippen LogP contribution is -1.59. The lowest BCUT2D eigenvalue weighted by atomic mass is 10.3. The van der Waals surface area contributed by atoms with Gasteiger partial charge in [0.1, 0.15) is 0 Å². The molecule has 3 rings (SSSR count). The number of carbonyl (C=O) groups excluding carboxylic acids is 3. The Hall–Kier alpha value is -4.20. The van der Waals surface area contributed by atoms with Crippen LogP contribution in [0.1, 0.15) is 40.5 Å². The SMILES string of the molecule is CCC.CCC.CN=C=O.CN=C=O.O=C=Nc1ccccc1.c1ccccc1.c1ccccc1. The molecule has 188 valence electrons. The van der Waals surface area contributed by atoms with E-state index in [0.717, 1.165) is 0 Å². The van der Waals surface area contributed by atoms with E-state index < -0.39 is 0 Å². The normalized spacial score (nSPS) is 6.80. The summed E-state index contributed by atoms with van der Waals surface area (Å²) in [5, 5.41) is 0. The highest BCUT2D eigenvalue weighted by atomic mass is 16.1. The second kappa shape index (κ2) is 43.6. The van der Waals surface area contributed by atoms with Gasteiger partial charge in [0.05, 0.1) is 5.69 Å². The summed E-state index contributed by atoms with van der Waals surface area (Å²) in [6.07, 6.45) is 6.57. The predicted molar refractivity (Wildman–Crippen MR) is 147 cm³/mol. The van der Waals surface area contributed by atoms with Gasteiger partial charge in [0.25, 0.3) is 0 Å². The number of aliphatic imine (C=N–C) groups is 3. The highest BCUT2D eigenvalue weighted by Crippen LogP contribution is 2.07. The van der Waals surface area contributed by atoms with Crippen molar-refractivity contribution in [2.24, 2.45) is 15.0 Å². The summed E-state index contributed by atoms with van der Waals surface area (Å²) in [4.78, 5) is 36.7. The highest BCUT2D eigenvalue weighted by Gasteiger charge is 1.80. The van der Waals surface area contributed by atoms with Gasteiger partial charge in [0.15, 0.2) is 0 Å². The van der Waals surface area contributed by atoms with Gasteiger partial charge >= 0.3 is 0 Å². The summed E-state index contributed by atoms with van der Waals surface area (Å²) < 4.78 is 0. The largest absolute Gasteiger partial charge is 0.240 e. The Morgan fingerprint density at radius 1 is 0.486 bits per heavy atom. The molecule has 0 amide bonds. The molecule has 0 unspecified atom stereocenters. The third-order valence-electron chi connectivity index (χ3n) is 2.45. The molecule has 3 aromatic carbocycles. The van der Waals surface area contributed by atoms with Gasteiger partial charge in [-0.15, -0.1) is 0 Å². The minimum atomic E-state index is 0.646. The Labute approximate surface area is 211 Å². The molecule has 0 aliphatic heterocycles. The zero-order valence-corrected chi connectivity index (χ0v) is 21.8. The lowest BCUT2D eigenvalue weighted by molar-refractivity contribution is 0.564. The first-order valence-corrected chi connectivity index (χ1v) is 11.1. The van der Waals surface area contributed by atoms with Crippen molar-refractivity contribution >= 4 is 23.9 Å². The van der Waals surface area contributed by atoms with E-state index in [1.54, 1.807) is 12.1 Å². The van der Waals surface area contributed by atoms with E-state index in [1.165, 1.54) is 45.2 Å². The molecule has 0 fully saturated rings. The van der Waals surface area contributed by atoms with Gasteiger partial charge in [-0.25, -0.2) is 24.4 Å². The number of isocyanates is 3. The molecular weight excluding hydrogens is 438 g/mol. The summed E-state index contributed by atoms with van der Waals surface area (Å²) in [6.45, 7) is 8.50. The van der Waals surface area contributed by atoms with Gasteiger partial charge in [-0.1, -0.05) is 132 Å². The molecule has 0 aliphatic carbocycles. The van der Waals surface area contributed by atoms with E-state index >= 15 is 0 Å². The van der Waals surface area contributed by atoms with Crippen LogP contribution >= 0.6 is 0 Å². The van der Waals surface area contributed by atoms with E-state index in [1.807, 2.05) is 91.0 Å². The minimum Gasteiger partial charge on any atom is -0.211 e. The van der Waals surface area contributed by atoms with Crippen LogP contribution in [0, 0.1) is 0 Å². The third-order valence-corrected chi connectivity index (χ3v) is 2.45. The molecule has 6 nitrogen and oxygen atoms in total. The zero-order chi connectivity index (χ0) is 27.3. The third kappa shape index (κ3) is 53.2. The number of rotatable bonds is 1. The summed E-state index contributed by atoms with van der Waals surface area (Å²) >= 11 is 0. The van der Waals surface area contributed by atoms with Crippen LogP contribution in [0.2, 0.25) is 0 Å². The van der Waals surface area contributed by atoms with Gasteiger partial charge in [0.2, 0.25) is 18.2 Å². The first-order chi connectivity index (χ1) is 17.1. The predicted octanol–water partition coefficient (Wildman–Crippen LogP) is 7.76. The Balaban J connectivity index is -0.000000167. The van der Waals surface area contributed by atoms with E-state index in [9.17, 15) is 4.79 Å². The molecule has 0 radical (unpaired) electrons. The molecule has 6 heteroatoms. The van der Waals surface area contributed by atoms with E-state index in [0.29, 0.717) is 5.69 Å². The van der Waals surface area contributed by atoms with Crippen LogP contribution in [-0.2, 0) is 14.4 Å². The molecule has 0 bridgehead atoms. The number of benzene rings is 3. The van der Waals surface area contributed by atoms with E-state index in [-0.39, 0.29) is 0 Å². The summed E-state index contributed by atoms with van der Waals surface area (Å²) in [5.74, 6) is 0. The standard InChI is InChI=1S/C7H5NO.2C6H6.2C3H8.2C2H3NO/c9-6-8-7-4-2-1-3-5-7;2*1-2-4-6-5-3-1;2*1-3-2;2*1-3-2-4/h1-5H;2*1-6H;2*3H2,1-2H3;2*1H3. The van der Waals surface area contributed by atoms with Crippen molar-refractivity contribution in [3.8, 4) is 0 Å². The van der Waals surface area contributed by atoms with E-state index in [4.69, 9.17) is 9.59 Å². The van der Waals surface area contributed by atoms with Gasteiger partial charge in [-0.2, -0.15) is 4.99 Å². The van der Waals surface area contributed by atoms with Crippen molar-refractivity contribution in [3.05, 3.63) is 103 Å². The minimum absolute atomic E-state index is 0.646. The van der Waals surface area contributed by atoms with Gasteiger partial charge < -0.3 is 0 Å². The van der Waals surface area contributed by atoms with Crippen molar-refractivity contribution in [2.75, 3.05) is 14.1 Å². The molecule has 3 aromatic rings. The first-order valence-electron chi connectivity index (χ1n) is 11.1. The topological polar surface area (TPSA) is 88.3 Å². The van der Waals surface area contributed by atoms with Gasteiger partial charge in [0, 0.05) is 14.1 Å². The molecule has 0 saturated heterocycles. The summed E-state index contributed by atoms with van der Waals surface area (Å²) in [7, 11) is 2.76. The molecule has 0 N–H and O–H groups in total. The second-order valence-corrected chi connectivity index (χ2v) is 5.89. The van der Waals surface area contributed by atoms with Crippen LogP contribution in [-0.4, -0.2) is 32.3 Å². The van der Waals surface area contributed by atoms with Crippen molar-refractivity contribution in [1.29, 1.82) is 0 Å². The number of nitrogens with zero attached hydrogens (tertiary/aromatic N) is 3. The zero-order valence-electron chi connectivity index (χ0n) is 21.8. The van der Waals surface area contributed by atoms with Crippen LogP contribution in [0.4, 0.5) is 5.69 Å². The molecule has 0 spiro atoms. The average molecular weight is 478 g/mol. The molecule has 0 atom stereocenters. The summed E-state index contributed by atoms with van der Waals surface area (Å²) in [6, 6.07) is 33.0. The van der Waals surface area contributed by atoms with Crippen LogP contribution in [0.25, 0.3) is 0 Å². The van der Waals surface area contributed by atoms with Crippen molar-refractivity contribution in [1.82, 2.24) is 0 Å². The molecule has 0 aliphatic rings. The van der Waals surface area contributed by atoms with Crippen LogP contribution in [0.3, 0.4) is 0 Å². The molecule has 0 heterocycles. The van der Waals surface area contributed by atoms with Crippen LogP contribution in [0.15, 0.2) is 118 Å². The van der Waals surface area contributed by atoms with Crippen molar-refractivity contribution in [2.45, 2.75) is 40.5 Å². The Bertz CT molecular complexity index is 768. The van der Waals surface area contributed by atoms with Crippen molar-refractivity contribution < 1.29 is 14.4 Å². The second-order valence-electron chi connectivity index (χ2n) is 5.89. The molecule has 0 aromatic heterocycles. The Morgan fingerprint density at radius 3 is 0.857 bits per heavy atom. The Morgan fingerprint density at radius 2 is 0.686 bits per heavy atom. The van der Waals surface area contributed by atoms with Gasteiger partial charge in [-0.3, -0.25) is 0 Å². The molecule has 35 heavy (non-hydrogen) atoms. The number of hydrogen-bond donors (Lipinski definition) is 0. The molecular formula is C29H39N3O3. The first kappa shape index (κ1) is 38.1.